The van der Waals surface area contributed by atoms with Gasteiger partial charge in [0.1, 0.15) is 0 Å². The Labute approximate surface area is 147 Å². The first kappa shape index (κ1) is 16.4. The number of ether oxygens (including phenoxy) is 1. The Morgan fingerprint density at radius 2 is 2.16 bits per heavy atom. The lowest BCUT2D eigenvalue weighted by Crippen LogP contribution is -2.48. The average Bonchev–Trinajstić information content (AvgIpc) is 3.15. The summed E-state index contributed by atoms with van der Waals surface area (Å²) in [6, 6.07) is 5.16. The zero-order valence-electron chi connectivity index (χ0n) is 14.9. The topological polar surface area (TPSA) is 67.6 Å². The number of methoxy groups -OCH3 is 1. The van der Waals surface area contributed by atoms with Crippen LogP contribution in [-0.2, 0) is 11.8 Å². The number of aromatic nitrogens is 2. The van der Waals surface area contributed by atoms with Gasteiger partial charge in [0.2, 0.25) is 5.95 Å². The molecule has 2 fully saturated rings. The van der Waals surface area contributed by atoms with Crippen LogP contribution in [0.15, 0.2) is 18.2 Å². The Morgan fingerprint density at radius 3 is 2.92 bits per heavy atom. The van der Waals surface area contributed by atoms with Crippen molar-refractivity contribution in [3.63, 3.8) is 0 Å². The lowest BCUT2D eigenvalue weighted by molar-refractivity contribution is 0.00198. The minimum atomic E-state index is -0.917. The van der Waals surface area contributed by atoms with Crippen molar-refractivity contribution in [2.75, 3.05) is 25.1 Å². The van der Waals surface area contributed by atoms with Crippen LogP contribution in [0.5, 0.6) is 0 Å². The summed E-state index contributed by atoms with van der Waals surface area (Å²) in [5, 5.41) is 9.21. The van der Waals surface area contributed by atoms with Crippen LogP contribution >= 0.6 is 0 Å². The molecule has 2 atom stereocenters. The van der Waals surface area contributed by atoms with E-state index in [1.165, 1.54) is 19.3 Å². The lowest BCUT2D eigenvalue weighted by atomic mass is 9.76. The Morgan fingerprint density at radius 1 is 1.36 bits per heavy atom. The molecule has 0 radical (unpaired) electrons. The number of imidazole rings is 1. The quantitative estimate of drug-likeness (QED) is 0.928. The number of hydrogen-bond donors (Lipinski definition) is 1. The SMILES string of the molecule is CO[C@@H]1CCC[C@@]12CCCN(c1nc3cc(C(=O)O)ccc3n1C)C2. The molecule has 6 nitrogen and oxygen atoms in total. The lowest BCUT2D eigenvalue weighted by Gasteiger charge is -2.44. The van der Waals surface area contributed by atoms with Crippen LogP contribution in [0.2, 0.25) is 0 Å². The fraction of sp³-hybridized carbons (Fsp3) is 0.579. The number of fused-ring (bicyclic) bond motifs is 1. The number of carboxylic acid groups (broad SMARTS) is 1. The molecule has 2 aliphatic rings. The minimum absolute atomic E-state index is 0.233. The molecule has 2 heterocycles. The monoisotopic (exact) mass is 343 g/mol. The van der Waals surface area contributed by atoms with E-state index in [0.717, 1.165) is 42.9 Å². The summed E-state index contributed by atoms with van der Waals surface area (Å²) in [5.41, 5.74) is 2.22. The molecule has 1 aliphatic heterocycles. The second-order valence-electron chi connectivity index (χ2n) is 7.48. The van der Waals surface area contributed by atoms with Crippen molar-refractivity contribution in [1.29, 1.82) is 0 Å². The average molecular weight is 343 g/mol. The third-order valence-corrected chi connectivity index (χ3v) is 6.10. The van der Waals surface area contributed by atoms with Gasteiger partial charge in [-0.3, -0.25) is 0 Å². The minimum Gasteiger partial charge on any atom is -0.478 e. The standard InChI is InChI=1S/C19H25N3O3/c1-21-15-7-6-13(17(23)24)11-14(15)20-18(21)22-10-4-9-19(12-22)8-3-5-16(19)25-2/h6-7,11,16H,3-5,8-10,12H2,1-2H3,(H,23,24)/t16-,19+/m1/s1. The highest BCUT2D eigenvalue weighted by atomic mass is 16.5. The molecular formula is C19H25N3O3. The van der Waals surface area contributed by atoms with Crippen LogP contribution in [0.3, 0.4) is 0 Å². The number of aromatic carboxylic acids is 1. The van der Waals surface area contributed by atoms with Crippen LogP contribution in [0.25, 0.3) is 11.0 Å². The Kier molecular flexibility index (Phi) is 3.95. The van der Waals surface area contributed by atoms with E-state index in [2.05, 4.69) is 9.47 Å². The maximum atomic E-state index is 11.2. The van der Waals surface area contributed by atoms with E-state index in [9.17, 15) is 9.90 Å². The van der Waals surface area contributed by atoms with Crippen molar-refractivity contribution < 1.29 is 14.6 Å². The van der Waals surface area contributed by atoms with E-state index < -0.39 is 5.97 Å². The number of nitrogens with zero attached hydrogens (tertiary/aromatic N) is 3. The van der Waals surface area contributed by atoms with Gasteiger partial charge in [0.05, 0.1) is 22.7 Å². The molecule has 1 aromatic heterocycles. The van der Waals surface area contributed by atoms with Gasteiger partial charge in [0.25, 0.3) is 0 Å². The maximum absolute atomic E-state index is 11.2. The van der Waals surface area contributed by atoms with Crippen LogP contribution in [0, 0.1) is 5.41 Å². The zero-order valence-corrected chi connectivity index (χ0v) is 14.9. The number of anilines is 1. The van der Waals surface area contributed by atoms with Crippen molar-refractivity contribution in [2.45, 2.75) is 38.2 Å². The fourth-order valence-electron chi connectivity index (χ4n) is 4.88. The predicted octanol–water partition coefficient (Wildman–Crippen LogP) is 3.06. The first-order valence-corrected chi connectivity index (χ1v) is 9.02. The first-order chi connectivity index (χ1) is 12.0. The van der Waals surface area contributed by atoms with Gasteiger partial charge in [-0.15, -0.1) is 0 Å². The predicted molar refractivity (Wildman–Crippen MR) is 96.2 cm³/mol. The van der Waals surface area contributed by atoms with Gasteiger partial charge in [-0.2, -0.15) is 0 Å². The number of benzene rings is 1. The normalized spacial score (nSPS) is 26.6. The third kappa shape index (κ3) is 2.59. The summed E-state index contributed by atoms with van der Waals surface area (Å²) < 4.78 is 7.88. The van der Waals surface area contributed by atoms with Crippen LogP contribution in [0.4, 0.5) is 5.95 Å². The number of hydrogen-bond acceptors (Lipinski definition) is 4. The highest BCUT2D eigenvalue weighted by Crippen LogP contribution is 2.47. The number of aryl methyl sites for hydroxylation is 1. The Balaban J connectivity index is 1.69. The summed E-state index contributed by atoms with van der Waals surface area (Å²) in [6.07, 6.45) is 6.29. The largest absolute Gasteiger partial charge is 0.478 e. The molecule has 0 bridgehead atoms. The molecule has 1 N–H and O–H groups in total. The van der Waals surface area contributed by atoms with E-state index in [0.29, 0.717) is 6.10 Å². The second-order valence-corrected chi connectivity index (χ2v) is 7.48. The van der Waals surface area contributed by atoms with Crippen molar-refractivity contribution >= 4 is 23.0 Å². The highest BCUT2D eigenvalue weighted by molar-refractivity contribution is 5.93. The summed E-state index contributed by atoms with van der Waals surface area (Å²) in [7, 11) is 3.84. The molecule has 1 aromatic carbocycles. The van der Waals surface area contributed by atoms with Gasteiger partial charge in [0.15, 0.2) is 0 Å². The highest BCUT2D eigenvalue weighted by Gasteiger charge is 2.46. The van der Waals surface area contributed by atoms with Gasteiger partial charge in [-0.25, -0.2) is 9.78 Å². The first-order valence-electron chi connectivity index (χ1n) is 9.02. The molecule has 0 unspecified atom stereocenters. The molecule has 1 spiro atoms. The third-order valence-electron chi connectivity index (χ3n) is 6.10. The molecule has 1 saturated heterocycles. The Hall–Kier alpha value is -2.08. The number of rotatable bonds is 3. The van der Waals surface area contributed by atoms with E-state index >= 15 is 0 Å². The van der Waals surface area contributed by atoms with Crippen molar-refractivity contribution in [1.82, 2.24) is 9.55 Å². The van der Waals surface area contributed by atoms with E-state index in [4.69, 9.17) is 9.72 Å². The van der Waals surface area contributed by atoms with E-state index in [1.807, 2.05) is 20.2 Å². The van der Waals surface area contributed by atoms with Gasteiger partial charge in [0, 0.05) is 32.7 Å². The van der Waals surface area contributed by atoms with Gasteiger partial charge in [-0.1, -0.05) is 6.42 Å². The Bertz CT molecular complexity index is 816. The molecule has 6 heteroatoms. The number of piperidine rings is 1. The van der Waals surface area contributed by atoms with Gasteiger partial charge < -0.3 is 19.3 Å². The zero-order chi connectivity index (χ0) is 17.6. The smallest absolute Gasteiger partial charge is 0.335 e. The summed E-state index contributed by atoms with van der Waals surface area (Å²) >= 11 is 0. The van der Waals surface area contributed by atoms with Crippen molar-refractivity contribution in [2.24, 2.45) is 12.5 Å². The number of carbonyl (C=O) groups is 1. The van der Waals surface area contributed by atoms with Crippen LogP contribution < -0.4 is 4.90 Å². The van der Waals surface area contributed by atoms with Crippen LogP contribution in [-0.4, -0.2) is 46.9 Å². The second kappa shape index (κ2) is 6.02. The summed E-state index contributed by atoms with van der Waals surface area (Å²) in [4.78, 5) is 18.3. The molecule has 25 heavy (non-hydrogen) atoms. The molecule has 2 aromatic rings. The van der Waals surface area contributed by atoms with E-state index in [1.54, 1.807) is 12.1 Å². The van der Waals surface area contributed by atoms with E-state index in [-0.39, 0.29) is 11.0 Å². The summed E-state index contributed by atoms with van der Waals surface area (Å²) in [6.45, 7) is 1.95. The van der Waals surface area contributed by atoms with Crippen molar-refractivity contribution in [3.8, 4) is 0 Å². The van der Waals surface area contributed by atoms with Gasteiger partial charge >= 0.3 is 5.97 Å². The van der Waals surface area contributed by atoms with Crippen LogP contribution in [0.1, 0.15) is 42.5 Å². The van der Waals surface area contributed by atoms with Crippen molar-refractivity contribution in [3.05, 3.63) is 23.8 Å². The number of carboxylic acids is 1. The molecule has 1 saturated carbocycles. The molecule has 1 aliphatic carbocycles. The molecule has 0 amide bonds. The maximum Gasteiger partial charge on any atom is 0.335 e. The summed E-state index contributed by atoms with van der Waals surface area (Å²) in [5.74, 6) is 0.0123. The van der Waals surface area contributed by atoms with Gasteiger partial charge in [-0.05, 0) is 43.9 Å². The molecular weight excluding hydrogens is 318 g/mol. The fourth-order valence-corrected chi connectivity index (χ4v) is 4.88. The molecule has 134 valence electrons. The molecule has 4 rings (SSSR count).